The van der Waals surface area contributed by atoms with Gasteiger partial charge in [0.1, 0.15) is 21.3 Å². The van der Waals surface area contributed by atoms with Crippen LogP contribution in [-0.2, 0) is 9.84 Å². The number of sulfone groups is 1. The van der Waals surface area contributed by atoms with Crippen LogP contribution < -0.4 is 5.32 Å². The van der Waals surface area contributed by atoms with E-state index in [1.54, 1.807) is 0 Å². The molecule has 0 saturated heterocycles. The van der Waals surface area contributed by atoms with Gasteiger partial charge in [0.15, 0.2) is 5.82 Å². The van der Waals surface area contributed by atoms with Gasteiger partial charge >= 0.3 is 0 Å². The highest BCUT2D eigenvalue weighted by Gasteiger charge is 2.27. The molecule has 194 valence electrons. The number of rotatable bonds is 7. The lowest BCUT2D eigenvalue weighted by Gasteiger charge is -2.29. The van der Waals surface area contributed by atoms with Crippen molar-refractivity contribution in [3.8, 4) is 11.4 Å². The summed E-state index contributed by atoms with van der Waals surface area (Å²) < 4.78 is 25.9. The maximum Gasteiger partial charge on any atom is 0.163 e. The van der Waals surface area contributed by atoms with Crippen LogP contribution in [0.25, 0.3) is 22.4 Å². The van der Waals surface area contributed by atoms with Crippen LogP contribution in [0.2, 0.25) is 0 Å². The predicted octanol–water partition coefficient (Wildman–Crippen LogP) is 6.34. The fourth-order valence-corrected chi connectivity index (χ4v) is 6.95. The Morgan fingerprint density at radius 1 is 0.946 bits per heavy atom. The number of aryl methyl sites for hydroxylation is 1. The second kappa shape index (κ2) is 10.3. The summed E-state index contributed by atoms with van der Waals surface area (Å²) in [6.07, 6.45) is 5.03. The number of aromatic nitrogens is 3. The van der Waals surface area contributed by atoms with Crippen LogP contribution in [0.3, 0.4) is 0 Å². The number of anilines is 1. The molecule has 5 rings (SSSR count). The topological polar surface area (TPSA) is 76.9 Å². The van der Waals surface area contributed by atoms with Gasteiger partial charge < -0.3 is 9.88 Å². The first-order valence-electron chi connectivity index (χ1n) is 13.1. The maximum absolute atomic E-state index is 11.8. The van der Waals surface area contributed by atoms with Gasteiger partial charge in [-0.3, -0.25) is 0 Å². The van der Waals surface area contributed by atoms with E-state index in [0.29, 0.717) is 5.82 Å². The Kier molecular flexibility index (Phi) is 7.08. The Balaban J connectivity index is 1.56. The highest BCUT2D eigenvalue weighted by atomic mass is 32.2. The summed E-state index contributed by atoms with van der Waals surface area (Å²) in [5.41, 5.74) is 5.53. The number of hydrogen-bond acceptors (Lipinski definition) is 5. The zero-order chi connectivity index (χ0) is 26.2. The van der Waals surface area contributed by atoms with Gasteiger partial charge in [-0.15, -0.1) is 0 Å². The van der Waals surface area contributed by atoms with Crippen molar-refractivity contribution in [1.82, 2.24) is 14.5 Å². The lowest BCUT2D eigenvalue weighted by atomic mass is 9.87. The maximum atomic E-state index is 11.8. The van der Waals surface area contributed by atoms with E-state index in [2.05, 4.69) is 67.1 Å². The van der Waals surface area contributed by atoms with Crippen molar-refractivity contribution < 1.29 is 8.42 Å². The van der Waals surface area contributed by atoms with Crippen LogP contribution in [0.5, 0.6) is 0 Å². The molecule has 4 aromatic rings. The van der Waals surface area contributed by atoms with Gasteiger partial charge in [0.05, 0.1) is 17.2 Å². The van der Waals surface area contributed by atoms with Gasteiger partial charge in [-0.25, -0.2) is 18.4 Å². The Bertz CT molecular complexity index is 1490. The summed E-state index contributed by atoms with van der Waals surface area (Å²) in [7, 11) is -2.95. The minimum Gasteiger partial charge on any atom is -0.367 e. The molecule has 1 fully saturated rings. The molecule has 0 amide bonds. The first-order chi connectivity index (χ1) is 17.7. The third kappa shape index (κ3) is 5.42. The van der Waals surface area contributed by atoms with Crippen molar-refractivity contribution in [2.24, 2.45) is 5.92 Å². The molecule has 1 N–H and O–H groups in total. The fraction of sp³-hybridized carbons (Fsp3) is 0.400. The average Bonchev–Trinajstić information content (AvgIpc) is 3.14. The smallest absolute Gasteiger partial charge is 0.163 e. The van der Waals surface area contributed by atoms with Gasteiger partial charge in [0.25, 0.3) is 0 Å². The van der Waals surface area contributed by atoms with Gasteiger partial charge in [-0.2, -0.15) is 0 Å². The highest BCUT2D eigenvalue weighted by molar-refractivity contribution is 7.90. The van der Waals surface area contributed by atoms with Crippen LogP contribution in [0.4, 0.5) is 5.82 Å². The largest absolute Gasteiger partial charge is 0.367 e. The lowest BCUT2D eigenvalue weighted by molar-refractivity contribution is 0.361. The van der Waals surface area contributed by atoms with E-state index in [4.69, 9.17) is 9.97 Å². The van der Waals surface area contributed by atoms with Crippen LogP contribution in [0.1, 0.15) is 55.5 Å². The second-order valence-electron chi connectivity index (χ2n) is 10.6. The Morgan fingerprint density at radius 3 is 2.19 bits per heavy atom. The molecule has 0 spiro atoms. The molecule has 1 saturated carbocycles. The van der Waals surface area contributed by atoms with E-state index in [9.17, 15) is 8.42 Å². The van der Waals surface area contributed by atoms with Crippen molar-refractivity contribution in [3.05, 3.63) is 77.5 Å². The molecule has 1 aliphatic carbocycles. The van der Waals surface area contributed by atoms with Gasteiger partial charge in [0, 0.05) is 23.6 Å². The number of hydrogen-bond donors (Lipinski definition) is 1. The number of benzene rings is 2. The van der Waals surface area contributed by atoms with Gasteiger partial charge in [0.2, 0.25) is 0 Å². The summed E-state index contributed by atoms with van der Waals surface area (Å²) in [4.78, 5) is 10.2. The Hall–Kier alpha value is -3.19. The standard InChI is InChI=1S/C30H36N4O2S/c1-20-21(2)34(22(3)24-11-7-5-8-12-24)30-27(20)29(32-28(33-30)25-13-9-6-10-14-25)31-26-17-15-23(16-18-26)19-37(4,35)36/h5-14,22-23,26H,15-19H2,1-4H3,(H,31,32,33). The van der Waals surface area contributed by atoms with Gasteiger partial charge in [-0.05, 0) is 63.5 Å². The summed E-state index contributed by atoms with van der Waals surface area (Å²) in [5.74, 6) is 2.11. The van der Waals surface area contributed by atoms with Gasteiger partial charge in [-0.1, -0.05) is 60.7 Å². The zero-order valence-corrected chi connectivity index (χ0v) is 22.9. The van der Waals surface area contributed by atoms with E-state index in [0.717, 1.165) is 48.1 Å². The van der Waals surface area contributed by atoms with Crippen molar-refractivity contribution in [2.75, 3.05) is 17.3 Å². The minimum absolute atomic E-state index is 0.121. The van der Waals surface area contributed by atoms with E-state index in [-0.39, 0.29) is 23.8 Å². The van der Waals surface area contributed by atoms with Crippen LogP contribution in [-0.4, -0.2) is 41.0 Å². The molecule has 2 aromatic heterocycles. The van der Waals surface area contributed by atoms with E-state index in [1.807, 2.05) is 24.3 Å². The summed E-state index contributed by atoms with van der Waals surface area (Å²) in [6.45, 7) is 6.55. The second-order valence-corrected chi connectivity index (χ2v) is 12.8. The molecule has 6 nitrogen and oxygen atoms in total. The third-order valence-corrected chi connectivity index (χ3v) is 8.90. The van der Waals surface area contributed by atoms with E-state index < -0.39 is 9.84 Å². The molecule has 0 bridgehead atoms. The molecule has 0 aliphatic heterocycles. The molecule has 1 aliphatic rings. The summed E-state index contributed by atoms with van der Waals surface area (Å²) in [5, 5.41) is 4.83. The van der Waals surface area contributed by atoms with Crippen LogP contribution >= 0.6 is 0 Å². The highest BCUT2D eigenvalue weighted by Crippen LogP contribution is 2.37. The fourth-order valence-electron chi connectivity index (χ4n) is 5.76. The predicted molar refractivity (Wildman–Crippen MR) is 152 cm³/mol. The SMILES string of the molecule is Cc1c(C)n(C(C)c2ccccc2)c2nc(-c3ccccc3)nc(NC3CCC(CS(C)(=O)=O)CC3)c12. The summed E-state index contributed by atoms with van der Waals surface area (Å²) in [6, 6.07) is 21.1. The number of fused-ring (bicyclic) bond motifs is 1. The molecule has 1 atom stereocenters. The van der Waals surface area contributed by atoms with Crippen molar-refractivity contribution >= 4 is 26.7 Å². The lowest BCUT2D eigenvalue weighted by Crippen LogP contribution is -2.29. The molecular formula is C30H36N4O2S. The molecule has 7 heteroatoms. The molecule has 37 heavy (non-hydrogen) atoms. The third-order valence-electron chi connectivity index (χ3n) is 7.82. The average molecular weight is 517 g/mol. The van der Waals surface area contributed by atoms with Crippen molar-refractivity contribution in [3.63, 3.8) is 0 Å². The molecule has 1 unspecified atom stereocenters. The molecule has 2 heterocycles. The van der Waals surface area contributed by atoms with E-state index in [1.165, 1.54) is 23.1 Å². The molecule has 2 aromatic carbocycles. The Labute approximate surface area is 220 Å². The monoisotopic (exact) mass is 516 g/mol. The van der Waals surface area contributed by atoms with E-state index >= 15 is 0 Å². The normalized spacial score (nSPS) is 19.1. The minimum atomic E-state index is -2.95. The summed E-state index contributed by atoms with van der Waals surface area (Å²) >= 11 is 0. The van der Waals surface area contributed by atoms with Crippen LogP contribution in [0, 0.1) is 19.8 Å². The Morgan fingerprint density at radius 2 is 1.57 bits per heavy atom. The van der Waals surface area contributed by atoms with Crippen LogP contribution in [0.15, 0.2) is 60.7 Å². The number of nitrogens with one attached hydrogen (secondary N) is 1. The molecular weight excluding hydrogens is 480 g/mol. The first-order valence-corrected chi connectivity index (χ1v) is 15.2. The zero-order valence-electron chi connectivity index (χ0n) is 22.1. The van der Waals surface area contributed by atoms with Crippen molar-refractivity contribution in [1.29, 1.82) is 0 Å². The molecule has 0 radical (unpaired) electrons. The van der Waals surface area contributed by atoms with Crippen molar-refractivity contribution in [2.45, 2.75) is 58.5 Å². The number of nitrogens with zero attached hydrogens (tertiary/aromatic N) is 3. The quantitative estimate of drug-likeness (QED) is 0.310. The first kappa shape index (κ1) is 25.5.